The molecule has 2 aliphatic heterocycles. The smallest absolute Gasteiger partial charge is 0.251 e. The molecule has 31 heavy (non-hydrogen) atoms. The Labute approximate surface area is 184 Å². The minimum Gasteiger partial charge on any atom is -0.495 e. The summed E-state index contributed by atoms with van der Waals surface area (Å²) in [4.78, 5) is 15.3. The zero-order chi connectivity index (χ0) is 21.8. The highest BCUT2D eigenvalue weighted by atomic mass is 32.2. The van der Waals surface area contributed by atoms with Crippen molar-refractivity contribution >= 4 is 21.6 Å². The molecule has 2 aromatic carbocycles. The summed E-state index contributed by atoms with van der Waals surface area (Å²) in [6, 6.07) is 12.7. The molecule has 0 atom stereocenters. The number of ether oxygens (including phenoxy) is 1. The number of carbonyl (C=O) groups is 1. The Balaban J connectivity index is 1.53. The molecule has 2 saturated heterocycles. The molecule has 7 nitrogen and oxygen atoms in total. The summed E-state index contributed by atoms with van der Waals surface area (Å²) in [6.45, 7) is 3.43. The van der Waals surface area contributed by atoms with Crippen LogP contribution in [0.5, 0.6) is 5.75 Å². The lowest BCUT2D eigenvalue weighted by molar-refractivity contribution is 0.0950. The van der Waals surface area contributed by atoms with E-state index in [0.717, 1.165) is 37.2 Å². The van der Waals surface area contributed by atoms with Crippen LogP contribution in [0.25, 0.3) is 0 Å². The van der Waals surface area contributed by atoms with Gasteiger partial charge in [0.25, 0.3) is 5.91 Å². The van der Waals surface area contributed by atoms with Crippen molar-refractivity contribution in [2.24, 2.45) is 0 Å². The first-order valence-electron chi connectivity index (χ1n) is 10.8. The molecule has 0 unspecified atom stereocenters. The van der Waals surface area contributed by atoms with Gasteiger partial charge in [0.05, 0.1) is 7.11 Å². The van der Waals surface area contributed by atoms with Gasteiger partial charge in [0.15, 0.2) is 0 Å². The molecule has 1 N–H and O–H groups in total. The molecule has 0 aliphatic carbocycles. The first-order chi connectivity index (χ1) is 15.0. The zero-order valence-electron chi connectivity index (χ0n) is 17.8. The molecule has 2 fully saturated rings. The van der Waals surface area contributed by atoms with Crippen LogP contribution in [0.15, 0.2) is 47.4 Å². The van der Waals surface area contributed by atoms with E-state index in [1.165, 1.54) is 30.3 Å². The van der Waals surface area contributed by atoms with Crippen molar-refractivity contribution in [2.45, 2.75) is 37.1 Å². The van der Waals surface area contributed by atoms with E-state index in [9.17, 15) is 13.2 Å². The average molecular weight is 444 g/mol. The second-order valence-corrected chi connectivity index (χ2v) is 9.89. The predicted molar refractivity (Wildman–Crippen MR) is 120 cm³/mol. The topological polar surface area (TPSA) is 79.0 Å². The molecule has 0 saturated carbocycles. The second kappa shape index (κ2) is 9.28. The summed E-state index contributed by atoms with van der Waals surface area (Å²) < 4.78 is 32.9. The highest BCUT2D eigenvalue weighted by Gasteiger charge is 2.30. The average Bonchev–Trinajstić information content (AvgIpc) is 3.52. The van der Waals surface area contributed by atoms with E-state index in [1.807, 2.05) is 18.2 Å². The third kappa shape index (κ3) is 4.55. The van der Waals surface area contributed by atoms with Crippen LogP contribution < -0.4 is 15.0 Å². The number of methoxy groups -OCH3 is 1. The lowest BCUT2D eigenvalue weighted by Crippen LogP contribution is -2.29. The molecule has 0 bridgehead atoms. The van der Waals surface area contributed by atoms with Gasteiger partial charge in [0.2, 0.25) is 10.0 Å². The van der Waals surface area contributed by atoms with Gasteiger partial charge in [-0.1, -0.05) is 18.2 Å². The highest BCUT2D eigenvalue weighted by Crippen LogP contribution is 2.30. The van der Waals surface area contributed by atoms with Crippen molar-refractivity contribution in [1.82, 2.24) is 9.62 Å². The third-order valence-corrected chi connectivity index (χ3v) is 7.91. The van der Waals surface area contributed by atoms with E-state index in [2.05, 4.69) is 16.3 Å². The van der Waals surface area contributed by atoms with Crippen LogP contribution in [0.1, 0.15) is 41.6 Å². The van der Waals surface area contributed by atoms with Crippen molar-refractivity contribution in [3.05, 3.63) is 53.6 Å². The van der Waals surface area contributed by atoms with Gasteiger partial charge in [-0.25, -0.2) is 8.42 Å². The van der Waals surface area contributed by atoms with Crippen LogP contribution >= 0.6 is 0 Å². The first-order valence-corrected chi connectivity index (χ1v) is 12.2. The molecule has 0 spiro atoms. The van der Waals surface area contributed by atoms with Crippen LogP contribution in [0.2, 0.25) is 0 Å². The van der Waals surface area contributed by atoms with Crippen LogP contribution in [-0.4, -0.2) is 51.9 Å². The van der Waals surface area contributed by atoms with E-state index >= 15 is 0 Å². The summed E-state index contributed by atoms with van der Waals surface area (Å²) in [6.07, 6.45) is 4.05. The molecule has 8 heteroatoms. The lowest BCUT2D eigenvalue weighted by Gasteiger charge is -2.21. The minimum absolute atomic E-state index is 0.0435. The van der Waals surface area contributed by atoms with Crippen LogP contribution in [-0.2, 0) is 16.6 Å². The minimum atomic E-state index is -3.70. The Morgan fingerprint density at radius 3 is 2.39 bits per heavy atom. The lowest BCUT2D eigenvalue weighted by atomic mass is 10.1. The number of nitrogens with zero attached hydrogens (tertiary/aromatic N) is 2. The van der Waals surface area contributed by atoms with Gasteiger partial charge in [-0.3, -0.25) is 4.79 Å². The van der Waals surface area contributed by atoms with Gasteiger partial charge in [-0.2, -0.15) is 4.31 Å². The maximum Gasteiger partial charge on any atom is 0.251 e. The molecular weight excluding hydrogens is 414 g/mol. The number of sulfonamides is 1. The third-order valence-electron chi connectivity index (χ3n) is 5.99. The van der Waals surface area contributed by atoms with Gasteiger partial charge < -0.3 is 15.0 Å². The molecular formula is C23H29N3O4S. The molecule has 0 radical (unpaired) electrons. The molecule has 2 aromatic rings. The van der Waals surface area contributed by atoms with Gasteiger partial charge >= 0.3 is 0 Å². The first kappa shape index (κ1) is 21.6. The number of rotatable bonds is 7. The standard InChI is InChI=1S/C23H29N3O4S/c1-30-21-11-10-18(16-22(21)31(28,29)26-14-6-7-15-26)23(27)24-17-19-8-2-3-9-20(19)25-12-4-5-13-25/h2-3,8-11,16H,4-7,12-15,17H2,1H3,(H,24,27). The Bertz CT molecular complexity index is 1040. The fourth-order valence-electron chi connectivity index (χ4n) is 4.29. The van der Waals surface area contributed by atoms with Crippen molar-refractivity contribution in [1.29, 1.82) is 0 Å². The number of hydrogen-bond donors (Lipinski definition) is 1. The maximum atomic E-state index is 13.1. The number of anilines is 1. The highest BCUT2D eigenvalue weighted by molar-refractivity contribution is 7.89. The number of nitrogens with one attached hydrogen (secondary N) is 1. The molecule has 166 valence electrons. The molecule has 4 rings (SSSR count). The fraction of sp³-hybridized carbons (Fsp3) is 0.435. The molecule has 2 heterocycles. The SMILES string of the molecule is COc1ccc(C(=O)NCc2ccccc2N2CCCC2)cc1S(=O)(=O)N1CCCC1. The molecule has 0 aromatic heterocycles. The van der Waals surface area contributed by atoms with E-state index in [-0.39, 0.29) is 16.6 Å². The van der Waals surface area contributed by atoms with Crippen molar-refractivity contribution < 1.29 is 17.9 Å². The van der Waals surface area contributed by atoms with Gasteiger partial charge in [0.1, 0.15) is 10.6 Å². The maximum absolute atomic E-state index is 13.1. The summed E-state index contributed by atoms with van der Waals surface area (Å²) in [5, 5.41) is 2.95. The summed E-state index contributed by atoms with van der Waals surface area (Å²) in [5.74, 6) is -0.0559. The van der Waals surface area contributed by atoms with Crippen molar-refractivity contribution in [3.8, 4) is 5.75 Å². The number of amides is 1. The van der Waals surface area contributed by atoms with E-state index in [1.54, 1.807) is 12.1 Å². The Kier molecular flexibility index (Phi) is 6.48. The van der Waals surface area contributed by atoms with E-state index in [0.29, 0.717) is 25.2 Å². The monoisotopic (exact) mass is 443 g/mol. The van der Waals surface area contributed by atoms with Crippen LogP contribution in [0.4, 0.5) is 5.69 Å². The number of carbonyl (C=O) groups excluding carboxylic acids is 1. The second-order valence-electron chi connectivity index (χ2n) is 7.98. The molecule has 2 aliphatic rings. The Morgan fingerprint density at radius 2 is 1.68 bits per heavy atom. The van der Waals surface area contributed by atoms with E-state index in [4.69, 9.17) is 4.74 Å². The largest absolute Gasteiger partial charge is 0.495 e. The van der Waals surface area contributed by atoms with Crippen LogP contribution in [0.3, 0.4) is 0 Å². The number of hydrogen-bond acceptors (Lipinski definition) is 5. The van der Waals surface area contributed by atoms with Gasteiger partial charge in [-0.15, -0.1) is 0 Å². The zero-order valence-corrected chi connectivity index (χ0v) is 18.7. The quantitative estimate of drug-likeness (QED) is 0.712. The Morgan fingerprint density at radius 1 is 1.00 bits per heavy atom. The normalized spacial score (nSPS) is 17.1. The fourth-order valence-corrected chi connectivity index (χ4v) is 5.99. The van der Waals surface area contributed by atoms with Gasteiger partial charge in [-0.05, 0) is 55.5 Å². The molecule has 1 amide bonds. The predicted octanol–water partition coefficient (Wildman–Crippen LogP) is 3.01. The van der Waals surface area contributed by atoms with Gasteiger partial charge in [0, 0.05) is 44.0 Å². The summed E-state index contributed by atoms with van der Waals surface area (Å²) >= 11 is 0. The summed E-state index contributed by atoms with van der Waals surface area (Å²) in [7, 11) is -2.26. The Hall–Kier alpha value is -2.58. The summed E-state index contributed by atoms with van der Waals surface area (Å²) in [5.41, 5.74) is 2.50. The van der Waals surface area contributed by atoms with Crippen molar-refractivity contribution in [3.63, 3.8) is 0 Å². The van der Waals surface area contributed by atoms with E-state index < -0.39 is 10.0 Å². The number of benzene rings is 2. The number of para-hydroxylation sites is 1. The van der Waals surface area contributed by atoms with Crippen LogP contribution in [0, 0.1) is 0 Å². The van der Waals surface area contributed by atoms with Crippen molar-refractivity contribution in [2.75, 3.05) is 38.2 Å².